The Labute approximate surface area is 137 Å². The Balaban J connectivity index is 1.84. The van der Waals surface area contributed by atoms with Gasteiger partial charge in [-0.1, -0.05) is 54.1 Å². The molecule has 0 fully saturated rings. The van der Waals surface area contributed by atoms with Crippen molar-refractivity contribution in [2.45, 2.75) is 0 Å². The van der Waals surface area contributed by atoms with Crippen LogP contribution >= 0.6 is 11.6 Å². The summed E-state index contributed by atoms with van der Waals surface area (Å²) in [6.07, 6.45) is 1.54. The standard InChI is InChI=1S/C19H10ClNO2/c20-16-7-3-4-11-8-9-12(21-17(11)16)10-15-18(22)13-5-1-2-6-14(13)19(15)23/h1-10H. The number of hydrogen-bond acceptors (Lipinski definition) is 3. The first-order chi connectivity index (χ1) is 11.1. The normalized spacial score (nSPS) is 13.5. The molecule has 0 radical (unpaired) electrons. The SMILES string of the molecule is O=C1C(=Cc2ccc3cccc(Cl)c3n2)C(=O)c2ccccc21. The van der Waals surface area contributed by atoms with E-state index in [2.05, 4.69) is 4.98 Å². The van der Waals surface area contributed by atoms with Crippen LogP contribution in [0.15, 0.2) is 60.2 Å². The average Bonchev–Trinajstić information content (AvgIpc) is 2.81. The number of para-hydroxylation sites is 1. The number of Topliss-reactive ketones (excluding diaryl/α,β-unsaturated/α-hetero) is 2. The Hall–Kier alpha value is -2.78. The molecule has 1 aliphatic rings. The highest BCUT2D eigenvalue weighted by Crippen LogP contribution is 2.28. The van der Waals surface area contributed by atoms with Gasteiger partial charge in [0, 0.05) is 16.5 Å². The van der Waals surface area contributed by atoms with Crippen LogP contribution in [0, 0.1) is 0 Å². The van der Waals surface area contributed by atoms with Crippen molar-refractivity contribution >= 4 is 40.1 Å². The van der Waals surface area contributed by atoms with Crippen LogP contribution in [0.5, 0.6) is 0 Å². The van der Waals surface area contributed by atoms with E-state index in [1.807, 2.05) is 18.2 Å². The minimum absolute atomic E-state index is 0.144. The molecule has 4 rings (SSSR count). The summed E-state index contributed by atoms with van der Waals surface area (Å²) >= 11 is 6.16. The molecule has 0 amide bonds. The minimum atomic E-state index is -0.258. The Morgan fingerprint density at radius 3 is 2.22 bits per heavy atom. The van der Waals surface area contributed by atoms with Gasteiger partial charge in [-0.15, -0.1) is 0 Å². The third-order valence-electron chi connectivity index (χ3n) is 3.89. The molecule has 4 heteroatoms. The number of fused-ring (bicyclic) bond motifs is 2. The first-order valence-corrected chi connectivity index (χ1v) is 7.48. The summed E-state index contributed by atoms with van der Waals surface area (Å²) in [6.45, 7) is 0. The van der Waals surface area contributed by atoms with Crippen molar-refractivity contribution in [3.05, 3.63) is 82.0 Å². The lowest BCUT2D eigenvalue weighted by Gasteiger charge is -2.01. The molecule has 0 N–H and O–H groups in total. The molecule has 110 valence electrons. The van der Waals surface area contributed by atoms with Crippen LogP contribution in [0.4, 0.5) is 0 Å². The molecule has 0 saturated carbocycles. The Bertz CT molecular complexity index is 984. The van der Waals surface area contributed by atoms with Gasteiger partial charge in [-0.3, -0.25) is 9.59 Å². The van der Waals surface area contributed by atoms with Gasteiger partial charge in [-0.25, -0.2) is 4.98 Å². The van der Waals surface area contributed by atoms with Gasteiger partial charge in [0.25, 0.3) is 0 Å². The van der Waals surface area contributed by atoms with Crippen molar-refractivity contribution in [2.75, 3.05) is 0 Å². The highest BCUT2D eigenvalue weighted by molar-refractivity contribution is 6.41. The fourth-order valence-electron chi connectivity index (χ4n) is 2.76. The monoisotopic (exact) mass is 319 g/mol. The molecule has 1 aromatic heterocycles. The molecule has 0 aliphatic heterocycles. The minimum Gasteiger partial charge on any atom is -0.288 e. The second kappa shape index (κ2) is 5.14. The Kier molecular flexibility index (Phi) is 3.10. The molecule has 0 atom stereocenters. The number of rotatable bonds is 1. The third-order valence-corrected chi connectivity index (χ3v) is 4.20. The zero-order chi connectivity index (χ0) is 16.0. The molecule has 0 saturated heterocycles. The summed E-state index contributed by atoms with van der Waals surface area (Å²) in [5.74, 6) is -0.515. The van der Waals surface area contributed by atoms with E-state index in [9.17, 15) is 9.59 Å². The summed E-state index contributed by atoms with van der Waals surface area (Å²) in [7, 11) is 0. The van der Waals surface area contributed by atoms with E-state index in [4.69, 9.17) is 11.6 Å². The van der Waals surface area contributed by atoms with Gasteiger partial charge in [0.15, 0.2) is 11.6 Å². The molecule has 3 aromatic rings. The maximum absolute atomic E-state index is 12.4. The molecule has 0 bridgehead atoms. The number of halogens is 1. The second-order valence-electron chi connectivity index (χ2n) is 5.31. The smallest absolute Gasteiger partial charge is 0.197 e. The van der Waals surface area contributed by atoms with Crippen LogP contribution in [0.1, 0.15) is 26.4 Å². The third kappa shape index (κ3) is 2.17. The van der Waals surface area contributed by atoms with Crippen LogP contribution in [-0.2, 0) is 0 Å². The topological polar surface area (TPSA) is 47.0 Å². The number of carbonyl (C=O) groups is 2. The zero-order valence-electron chi connectivity index (χ0n) is 11.9. The van der Waals surface area contributed by atoms with E-state index < -0.39 is 0 Å². The fraction of sp³-hybridized carbons (Fsp3) is 0. The van der Waals surface area contributed by atoms with Crippen LogP contribution in [0.2, 0.25) is 5.02 Å². The number of pyridine rings is 1. The largest absolute Gasteiger partial charge is 0.288 e. The maximum Gasteiger partial charge on any atom is 0.197 e. The van der Waals surface area contributed by atoms with Gasteiger partial charge in [0.1, 0.15) is 0 Å². The first kappa shape index (κ1) is 13.9. The Morgan fingerprint density at radius 2 is 1.52 bits per heavy atom. The molecule has 0 spiro atoms. The predicted octanol–water partition coefficient (Wildman–Crippen LogP) is 4.35. The molecule has 1 heterocycles. The van der Waals surface area contributed by atoms with Crippen LogP contribution in [0.3, 0.4) is 0 Å². The number of hydrogen-bond donors (Lipinski definition) is 0. The summed E-state index contributed by atoms with van der Waals surface area (Å²) in [5.41, 5.74) is 2.23. The van der Waals surface area contributed by atoms with Gasteiger partial charge in [-0.05, 0) is 18.2 Å². The number of allylic oxidation sites excluding steroid dienone is 1. The van der Waals surface area contributed by atoms with Crippen LogP contribution in [-0.4, -0.2) is 16.6 Å². The number of aromatic nitrogens is 1. The number of ketones is 2. The van der Waals surface area contributed by atoms with Gasteiger partial charge >= 0.3 is 0 Å². The van der Waals surface area contributed by atoms with Crippen LogP contribution in [0.25, 0.3) is 17.0 Å². The summed E-state index contributed by atoms with van der Waals surface area (Å²) in [6, 6.07) is 16.0. The van der Waals surface area contributed by atoms with Gasteiger partial charge in [0.05, 0.1) is 21.8 Å². The van der Waals surface area contributed by atoms with E-state index >= 15 is 0 Å². The van der Waals surface area contributed by atoms with Crippen molar-refractivity contribution in [3.8, 4) is 0 Å². The van der Waals surface area contributed by atoms with E-state index in [1.165, 1.54) is 6.08 Å². The van der Waals surface area contributed by atoms with Crippen molar-refractivity contribution in [1.82, 2.24) is 4.98 Å². The second-order valence-corrected chi connectivity index (χ2v) is 5.72. The Morgan fingerprint density at radius 1 is 0.826 bits per heavy atom. The molecule has 1 aliphatic carbocycles. The lowest BCUT2D eigenvalue weighted by molar-refractivity contribution is 0.0990. The number of nitrogens with zero attached hydrogens (tertiary/aromatic N) is 1. The van der Waals surface area contributed by atoms with E-state index in [0.29, 0.717) is 27.4 Å². The fourth-order valence-corrected chi connectivity index (χ4v) is 2.98. The molecule has 0 unspecified atom stereocenters. The first-order valence-electron chi connectivity index (χ1n) is 7.10. The van der Waals surface area contributed by atoms with Gasteiger partial charge < -0.3 is 0 Å². The lowest BCUT2D eigenvalue weighted by Crippen LogP contribution is -2.00. The van der Waals surface area contributed by atoms with Crippen molar-refractivity contribution in [2.24, 2.45) is 0 Å². The summed E-state index contributed by atoms with van der Waals surface area (Å²) in [5, 5.41) is 1.45. The molecular formula is C19H10ClNO2. The maximum atomic E-state index is 12.4. The highest BCUT2D eigenvalue weighted by atomic mass is 35.5. The van der Waals surface area contributed by atoms with Crippen LogP contribution < -0.4 is 0 Å². The summed E-state index contributed by atoms with van der Waals surface area (Å²) < 4.78 is 0. The quantitative estimate of drug-likeness (QED) is 0.495. The van der Waals surface area contributed by atoms with Crippen molar-refractivity contribution in [1.29, 1.82) is 0 Å². The van der Waals surface area contributed by atoms with Gasteiger partial charge in [0.2, 0.25) is 0 Å². The zero-order valence-corrected chi connectivity index (χ0v) is 12.7. The molecule has 3 nitrogen and oxygen atoms in total. The number of benzene rings is 2. The van der Waals surface area contributed by atoms with E-state index in [-0.39, 0.29) is 17.1 Å². The van der Waals surface area contributed by atoms with E-state index in [1.54, 1.807) is 36.4 Å². The molecule has 23 heavy (non-hydrogen) atoms. The average molecular weight is 320 g/mol. The summed E-state index contributed by atoms with van der Waals surface area (Å²) in [4.78, 5) is 29.3. The number of carbonyl (C=O) groups excluding carboxylic acids is 2. The van der Waals surface area contributed by atoms with Crippen molar-refractivity contribution in [3.63, 3.8) is 0 Å². The highest BCUT2D eigenvalue weighted by Gasteiger charge is 2.32. The predicted molar refractivity (Wildman–Crippen MR) is 89.8 cm³/mol. The lowest BCUT2D eigenvalue weighted by atomic mass is 10.1. The van der Waals surface area contributed by atoms with Crippen molar-refractivity contribution < 1.29 is 9.59 Å². The molecular weight excluding hydrogens is 310 g/mol. The van der Waals surface area contributed by atoms with E-state index in [0.717, 1.165) is 5.39 Å². The molecule has 2 aromatic carbocycles. The van der Waals surface area contributed by atoms with Gasteiger partial charge in [-0.2, -0.15) is 0 Å².